The number of fused-ring (bicyclic) bond motifs is 4. The summed E-state index contributed by atoms with van der Waals surface area (Å²) in [4.78, 5) is 0. The highest BCUT2D eigenvalue weighted by molar-refractivity contribution is 6.17. The Hall–Kier alpha value is -5.60. The van der Waals surface area contributed by atoms with Crippen LogP contribution in [0.25, 0.3) is 72.4 Å². The van der Waals surface area contributed by atoms with Crippen molar-refractivity contribution in [1.82, 2.24) is 9.13 Å². The van der Waals surface area contributed by atoms with Gasteiger partial charge in [-0.1, -0.05) is 127 Å². The number of hydrogen-bond acceptors (Lipinski definition) is 0. The lowest BCUT2D eigenvalue weighted by molar-refractivity contribution is 0.726. The Morgan fingerprint density at radius 3 is 1.75 bits per heavy atom. The lowest BCUT2D eigenvalue weighted by Crippen LogP contribution is -2.07. The molecular weight excluding hydrogens is 581 g/mol. The van der Waals surface area contributed by atoms with Crippen LogP contribution < -0.4 is 0 Å². The topological polar surface area (TPSA) is 9.86 Å². The molecular formula is C46H38N2. The van der Waals surface area contributed by atoms with E-state index in [0.717, 1.165) is 32.2 Å². The van der Waals surface area contributed by atoms with Crippen LogP contribution in [0, 0.1) is 0 Å². The molecule has 7 aromatic rings. The standard InChI is InChI=1S/C46H38N2/c1-2-48-41-26-16-15-25-37(41)38-29-36(27-28-42(38)48)47-30-39-40(31-47)44(33-19-9-4-10-20-33)46(35-23-13-6-14-24-35)45(34-21-11-5-12-22-34)43(39)32-17-7-3-8-18-32/h3-5,7-13,15-26,29-31H,2,6,14,27-28H2,1H3. The number of benzene rings is 5. The third-order valence-electron chi connectivity index (χ3n) is 10.3. The van der Waals surface area contributed by atoms with Crippen LogP contribution in [-0.2, 0) is 13.0 Å². The van der Waals surface area contributed by atoms with Crippen LogP contribution in [0.4, 0.5) is 0 Å². The summed E-state index contributed by atoms with van der Waals surface area (Å²) in [5.74, 6) is 0. The lowest BCUT2D eigenvalue weighted by atomic mass is 9.79. The van der Waals surface area contributed by atoms with Crippen molar-refractivity contribution in [3.8, 4) is 33.4 Å². The SMILES string of the molecule is CCn1c2c(c3ccccc31)C=C(n1cc3c(-c4ccccc4)c(C4=CCCC=C4)c(-c4ccccc4)c(-c4ccccc4)c3c1)CC2. The summed E-state index contributed by atoms with van der Waals surface area (Å²) in [6.45, 7) is 3.25. The van der Waals surface area contributed by atoms with Gasteiger partial charge in [-0.15, -0.1) is 0 Å². The number of nitrogens with zero attached hydrogens (tertiary/aromatic N) is 2. The summed E-state index contributed by atoms with van der Waals surface area (Å²) >= 11 is 0. The van der Waals surface area contributed by atoms with E-state index < -0.39 is 0 Å². The van der Waals surface area contributed by atoms with Gasteiger partial charge in [-0.25, -0.2) is 0 Å². The van der Waals surface area contributed by atoms with Gasteiger partial charge >= 0.3 is 0 Å². The molecule has 2 aliphatic rings. The Labute approximate surface area is 282 Å². The predicted molar refractivity (Wildman–Crippen MR) is 205 cm³/mol. The monoisotopic (exact) mass is 618 g/mol. The Kier molecular flexibility index (Phi) is 7.08. The second kappa shape index (κ2) is 11.9. The average molecular weight is 619 g/mol. The van der Waals surface area contributed by atoms with Gasteiger partial charge in [-0.3, -0.25) is 0 Å². The average Bonchev–Trinajstić information content (AvgIpc) is 3.74. The summed E-state index contributed by atoms with van der Waals surface area (Å²) < 4.78 is 4.95. The third kappa shape index (κ3) is 4.63. The van der Waals surface area contributed by atoms with E-state index >= 15 is 0 Å². The first-order valence-corrected chi connectivity index (χ1v) is 17.4. The van der Waals surface area contributed by atoms with Gasteiger partial charge in [0.2, 0.25) is 0 Å². The molecule has 5 aromatic carbocycles. The van der Waals surface area contributed by atoms with E-state index in [-0.39, 0.29) is 0 Å². The van der Waals surface area contributed by atoms with Crippen molar-refractivity contribution in [3.05, 3.63) is 163 Å². The van der Waals surface area contributed by atoms with Crippen molar-refractivity contribution in [2.24, 2.45) is 0 Å². The summed E-state index contributed by atoms with van der Waals surface area (Å²) in [5.41, 5.74) is 15.8. The molecule has 0 spiro atoms. The van der Waals surface area contributed by atoms with Gasteiger partial charge in [0.1, 0.15) is 0 Å². The van der Waals surface area contributed by atoms with Crippen LogP contribution in [0.3, 0.4) is 0 Å². The minimum absolute atomic E-state index is 0.989. The third-order valence-corrected chi connectivity index (χ3v) is 10.3. The zero-order valence-electron chi connectivity index (χ0n) is 27.4. The van der Waals surface area contributed by atoms with E-state index in [0.29, 0.717) is 0 Å². The van der Waals surface area contributed by atoms with Crippen LogP contribution in [0.15, 0.2) is 146 Å². The second-order valence-corrected chi connectivity index (χ2v) is 13.0. The fourth-order valence-corrected chi connectivity index (χ4v) is 8.19. The molecule has 0 radical (unpaired) electrons. The molecule has 0 amide bonds. The van der Waals surface area contributed by atoms with Crippen molar-refractivity contribution in [2.75, 3.05) is 0 Å². The maximum atomic E-state index is 2.51. The first kappa shape index (κ1) is 28.6. The molecule has 0 atom stereocenters. The molecule has 0 aliphatic heterocycles. The van der Waals surface area contributed by atoms with Crippen LogP contribution in [0.2, 0.25) is 0 Å². The van der Waals surface area contributed by atoms with Crippen molar-refractivity contribution in [2.45, 2.75) is 39.2 Å². The van der Waals surface area contributed by atoms with Crippen molar-refractivity contribution in [3.63, 3.8) is 0 Å². The first-order valence-electron chi connectivity index (χ1n) is 17.4. The second-order valence-electron chi connectivity index (χ2n) is 13.0. The zero-order chi connectivity index (χ0) is 32.0. The number of aryl methyl sites for hydroxylation is 1. The van der Waals surface area contributed by atoms with Gasteiger partial charge in [0.25, 0.3) is 0 Å². The largest absolute Gasteiger partial charge is 0.344 e. The molecule has 0 unspecified atom stereocenters. The van der Waals surface area contributed by atoms with E-state index in [1.807, 2.05) is 0 Å². The lowest BCUT2D eigenvalue weighted by Gasteiger charge is -2.24. The number of allylic oxidation sites excluding steroid dienone is 5. The Bertz CT molecular complexity index is 2400. The van der Waals surface area contributed by atoms with Gasteiger partial charge < -0.3 is 9.13 Å². The summed E-state index contributed by atoms with van der Waals surface area (Å²) in [6, 6.07) is 42.0. The summed E-state index contributed by atoms with van der Waals surface area (Å²) in [7, 11) is 0. The minimum atomic E-state index is 0.989. The highest BCUT2D eigenvalue weighted by atomic mass is 15.0. The number of hydrogen-bond donors (Lipinski definition) is 0. The maximum absolute atomic E-state index is 2.51. The van der Waals surface area contributed by atoms with E-state index in [1.165, 1.54) is 83.1 Å². The highest BCUT2D eigenvalue weighted by Gasteiger charge is 2.27. The quantitative estimate of drug-likeness (QED) is 0.175. The summed E-state index contributed by atoms with van der Waals surface area (Å²) in [5, 5.41) is 3.92. The fourth-order valence-electron chi connectivity index (χ4n) is 8.19. The smallest absolute Gasteiger partial charge is 0.0488 e. The van der Waals surface area contributed by atoms with Crippen LogP contribution >= 0.6 is 0 Å². The Balaban J connectivity index is 1.40. The zero-order valence-corrected chi connectivity index (χ0v) is 27.4. The van der Waals surface area contributed by atoms with E-state index in [9.17, 15) is 0 Å². The highest BCUT2D eigenvalue weighted by Crippen LogP contribution is 2.50. The Morgan fingerprint density at radius 2 is 1.15 bits per heavy atom. The molecule has 232 valence electrons. The number of para-hydroxylation sites is 1. The molecule has 0 bridgehead atoms. The van der Waals surface area contributed by atoms with Crippen LogP contribution in [0.1, 0.15) is 43.0 Å². The molecule has 0 saturated heterocycles. The predicted octanol–water partition coefficient (Wildman–Crippen LogP) is 12.3. The summed E-state index contributed by atoms with van der Waals surface area (Å²) in [6.07, 6.45) is 18.6. The van der Waals surface area contributed by atoms with Crippen molar-refractivity contribution in [1.29, 1.82) is 0 Å². The van der Waals surface area contributed by atoms with Gasteiger partial charge in [0, 0.05) is 57.6 Å². The molecule has 2 heteroatoms. The molecule has 0 fully saturated rings. The molecule has 0 saturated carbocycles. The molecule has 48 heavy (non-hydrogen) atoms. The van der Waals surface area contributed by atoms with E-state index in [2.05, 4.69) is 168 Å². The molecule has 0 N–H and O–H groups in total. The number of aromatic nitrogens is 2. The molecule has 2 aromatic heterocycles. The number of rotatable bonds is 6. The van der Waals surface area contributed by atoms with Gasteiger partial charge in [0.05, 0.1) is 0 Å². The first-order chi connectivity index (χ1) is 23.8. The minimum Gasteiger partial charge on any atom is -0.344 e. The normalized spacial score (nSPS) is 14.3. The van der Waals surface area contributed by atoms with Crippen LogP contribution in [0.5, 0.6) is 0 Å². The van der Waals surface area contributed by atoms with Gasteiger partial charge in [-0.2, -0.15) is 0 Å². The van der Waals surface area contributed by atoms with Crippen LogP contribution in [-0.4, -0.2) is 9.13 Å². The van der Waals surface area contributed by atoms with Crippen molar-refractivity contribution >= 4 is 39.0 Å². The van der Waals surface area contributed by atoms with E-state index in [4.69, 9.17) is 0 Å². The molecule has 2 heterocycles. The molecule has 9 rings (SSSR count). The maximum Gasteiger partial charge on any atom is 0.0488 e. The molecule has 2 nitrogen and oxygen atoms in total. The molecule has 2 aliphatic carbocycles. The van der Waals surface area contributed by atoms with E-state index in [1.54, 1.807) is 0 Å². The van der Waals surface area contributed by atoms with Gasteiger partial charge in [-0.05, 0) is 89.3 Å². The van der Waals surface area contributed by atoms with Crippen molar-refractivity contribution < 1.29 is 0 Å². The Morgan fingerprint density at radius 1 is 0.562 bits per heavy atom. The van der Waals surface area contributed by atoms with Gasteiger partial charge in [0.15, 0.2) is 0 Å². The fraction of sp³-hybridized carbons (Fsp3) is 0.130.